The average molecular weight is 285 g/mol. The van der Waals surface area contributed by atoms with Gasteiger partial charge in [0.1, 0.15) is 5.82 Å². The van der Waals surface area contributed by atoms with Gasteiger partial charge < -0.3 is 0 Å². The summed E-state index contributed by atoms with van der Waals surface area (Å²) in [5.74, 6) is 0.932. The molecule has 0 aliphatic heterocycles. The van der Waals surface area contributed by atoms with E-state index in [2.05, 4.69) is 45.0 Å². The quantitative estimate of drug-likeness (QED) is 0.853. The molecule has 0 aromatic carbocycles. The van der Waals surface area contributed by atoms with Gasteiger partial charge in [-0.15, -0.1) is 0 Å². The van der Waals surface area contributed by atoms with Gasteiger partial charge in [-0.3, -0.25) is 0 Å². The minimum absolute atomic E-state index is 0.244. The van der Waals surface area contributed by atoms with Crippen LogP contribution in [0.25, 0.3) is 5.65 Å². The summed E-state index contributed by atoms with van der Waals surface area (Å²) in [7, 11) is 0. The maximum Gasteiger partial charge on any atom is 0.349 e. The fourth-order valence-electron chi connectivity index (χ4n) is 1.59. The number of H-pyrrole nitrogens is 1. The molecule has 0 spiro atoms. The number of halogens is 1. The summed E-state index contributed by atoms with van der Waals surface area (Å²) in [4.78, 5) is 16.2. The highest BCUT2D eigenvalue weighted by atomic mass is 79.9. The van der Waals surface area contributed by atoms with Crippen LogP contribution in [0.5, 0.6) is 0 Å². The van der Waals surface area contributed by atoms with E-state index in [-0.39, 0.29) is 11.6 Å². The zero-order valence-electron chi connectivity index (χ0n) is 9.36. The Hall–Kier alpha value is -1.17. The number of nitrogens with one attached hydrogen (secondary N) is 1. The minimum atomic E-state index is -0.244. The standard InChI is InChI=1S/C10H13BrN4O/c1-5(6(2)11)8-4-9-13-14-10(16)15(9)7(3)12-8/h4-6H,1-3H3,(H,14,16). The SMILES string of the molecule is Cc1nc(C(C)C(C)Br)cc2n[nH]c(=O)n12. The molecule has 6 heteroatoms. The molecule has 0 saturated heterocycles. The number of aromatic amines is 1. The molecule has 0 aliphatic carbocycles. The highest BCUT2D eigenvalue weighted by Crippen LogP contribution is 2.23. The summed E-state index contributed by atoms with van der Waals surface area (Å²) in [5, 5.41) is 6.37. The normalized spacial score (nSPS) is 15.2. The molecule has 5 nitrogen and oxygen atoms in total. The number of nitrogens with zero attached hydrogens (tertiary/aromatic N) is 3. The summed E-state index contributed by atoms with van der Waals surface area (Å²) in [6, 6.07) is 1.84. The highest BCUT2D eigenvalue weighted by molar-refractivity contribution is 9.09. The third-order valence-corrected chi connectivity index (χ3v) is 3.54. The molecule has 0 amide bonds. The fraction of sp³-hybridized carbons (Fsp3) is 0.500. The Labute approximate surface area is 101 Å². The maximum absolute atomic E-state index is 11.4. The second-order valence-corrected chi connectivity index (χ2v) is 5.36. The number of rotatable bonds is 2. The van der Waals surface area contributed by atoms with Crippen molar-refractivity contribution in [2.45, 2.75) is 31.5 Å². The van der Waals surface area contributed by atoms with Crippen molar-refractivity contribution in [1.29, 1.82) is 0 Å². The molecule has 0 aliphatic rings. The molecule has 2 atom stereocenters. The predicted octanol–water partition coefficient (Wildman–Crippen LogP) is 1.61. The van der Waals surface area contributed by atoms with Crippen LogP contribution in [0, 0.1) is 6.92 Å². The van der Waals surface area contributed by atoms with Crippen LogP contribution in [0.2, 0.25) is 0 Å². The Morgan fingerprint density at radius 2 is 2.19 bits per heavy atom. The zero-order valence-corrected chi connectivity index (χ0v) is 10.9. The van der Waals surface area contributed by atoms with Crippen molar-refractivity contribution in [2.75, 3.05) is 0 Å². The van der Waals surface area contributed by atoms with E-state index in [0.29, 0.717) is 16.3 Å². The van der Waals surface area contributed by atoms with Crippen LogP contribution in [0.15, 0.2) is 10.9 Å². The molecule has 0 saturated carbocycles. The lowest BCUT2D eigenvalue weighted by atomic mass is 10.0. The molecule has 2 rings (SSSR count). The Morgan fingerprint density at radius 3 is 2.81 bits per heavy atom. The third-order valence-electron chi connectivity index (χ3n) is 2.75. The Morgan fingerprint density at radius 1 is 1.50 bits per heavy atom. The van der Waals surface area contributed by atoms with Crippen molar-refractivity contribution < 1.29 is 0 Å². The summed E-state index contributed by atoms with van der Waals surface area (Å²) in [6.07, 6.45) is 0. The molecular weight excluding hydrogens is 272 g/mol. The topological polar surface area (TPSA) is 63.0 Å². The van der Waals surface area contributed by atoms with E-state index in [1.54, 1.807) is 6.92 Å². The lowest BCUT2D eigenvalue weighted by Crippen LogP contribution is -2.15. The van der Waals surface area contributed by atoms with Gasteiger partial charge in [0.25, 0.3) is 0 Å². The van der Waals surface area contributed by atoms with E-state index >= 15 is 0 Å². The average Bonchev–Trinajstić information content (AvgIpc) is 2.59. The molecule has 2 unspecified atom stereocenters. The van der Waals surface area contributed by atoms with Crippen LogP contribution < -0.4 is 5.69 Å². The highest BCUT2D eigenvalue weighted by Gasteiger charge is 2.15. The summed E-state index contributed by atoms with van der Waals surface area (Å²) >= 11 is 3.53. The van der Waals surface area contributed by atoms with E-state index in [1.165, 1.54) is 4.40 Å². The van der Waals surface area contributed by atoms with Crippen molar-refractivity contribution in [2.24, 2.45) is 0 Å². The zero-order chi connectivity index (χ0) is 11.9. The second kappa shape index (κ2) is 4.01. The molecule has 2 aromatic heterocycles. The first-order valence-corrected chi connectivity index (χ1v) is 6.01. The number of alkyl halides is 1. The van der Waals surface area contributed by atoms with Crippen LogP contribution >= 0.6 is 15.9 Å². The number of fused-ring (bicyclic) bond motifs is 1. The van der Waals surface area contributed by atoms with Crippen LogP contribution in [0.4, 0.5) is 0 Å². The van der Waals surface area contributed by atoms with Gasteiger partial charge in [0.2, 0.25) is 0 Å². The molecule has 16 heavy (non-hydrogen) atoms. The minimum Gasteiger partial charge on any atom is -0.246 e. The van der Waals surface area contributed by atoms with Crippen molar-refractivity contribution in [3.63, 3.8) is 0 Å². The van der Waals surface area contributed by atoms with Crippen LogP contribution in [0.3, 0.4) is 0 Å². The van der Waals surface area contributed by atoms with E-state index in [9.17, 15) is 4.79 Å². The molecule has 0 fully saturated rings. The van der Waals surface area contributed by atoms with Gasteiger partial charge in [0.05, 0.1) is 5.69 Å². The van der Waals surface area contributed by atoms with Gasteiger partial charge in [-0.25, -0.2) is 19.3 Å². The van der Waals surface area contributed by atoms with Crippen molar-refractivity contribution in [1.82, 2.24) is 19.6 Å². The Balaban J connectivity index is 2.63. The molecular formula is C10H13BrN4O. The van der Waals surface area contributed by atoms with Gasteiger partial charge in [-0.2, -0.15) is 5.10 Å². The predicted molar refractivity (Wildman–Crippen MR) is 65.1 cm³/mol. The van der Waals surface area contributed by atoms with Gasteiger partial charge in [0, 0.05) is 16.8 Å². The van der Waals surface area contributed by atoms with Crippen LogP contribution in [0.1, 0.15) is 31.3 Å². The van der Waals surface area contributed by atoms with Gasteiger partial charge in [-0.05, 0) is 6.92 Å². The van der Waals surface area contributed by atoms with Crippen molar-refractivity contribution >= 4 is 21.6 Å². The van der Waals surface area contributed by atoms with Gasteiger partial charge in [0.15, 0.2) is 5.65 Å². The molecule has 0 radical (unpaired) electrons. The first kappa shape index (κ1) is 11.3. The maximum atomic E-state index is 11.4. The van der Waals surface area contributed by atoms with Crippen molar-refractivity contribution in [3.05, 3.63) is 28.1 Å². The molecule has 1 N–H and O–H groups in total. The lowest BCUT2D eigenvalue weighted by Gasteiger charge is -2.14. The number of hydrogen-bond donors (Lipinski definition) is 1. The van der Waals surface area contributed by atoms with Crippen molar-refractivity contribution in [3.8, 4) is 0 Å². The summed E-state index contributed by atoms with van der Waals surface area (Å²) in [6.45, 7) is 5.96. The van der Waals surface area contributed by atoms with Gasteiger partial charge >= 0.3 is 5.69 Å². The lowest BCUT2D eigenvalue weighted by molar-refractivity contribution is 0.720. The first-order valence-electron chi connectivity index (χ1n) is 5.09. The second-order valence-electron chi connectivity index (χ2n) is 3.92. The Kier molecular flexibility index (Phi) is 2.84. The Bertz CT molecular complexity index is 572. The first-order chi connectivity index (χ1) is 7.50. The molecule has 2 aromatic rings. The number of hydrogen-bond acceptors (Lipinski definition) is 3. The van der Waals surface area contributed by atoms with Crippen LogP contribution in [-0.4, -0.2) is 24.4 Å². The molecule has 0 bridgehead atoms. The van der Waals surface area contributed by atoms with E-state index in [4.69, 9.17) is 0 Å². The number of aryl methyl sites for hydroxylation is 1. The molecule has 86 valence electrons. The largest absolute Gasteiger partial charge is 0.349 e. The van der Waals surface area contributed by atoms with E-state index in [1.807, 2.05) is 6.07 Å². The van der Waals surface area contributed by atoms with Gasteiger partial charge in [-0.1, -0.05) is 29.8 Å². The van der Waals surface area contributed by atoms with Crippen LogP contribution in [-0.2, 0) is 0 Å². The molecule has 2 heterocycles. The fourth-order valence-corrected chi connectivity index (χ4v) is 1.86. The number of aromatic nitrogens is 4. The third kappa shape index (κ3) is 1.77. The summed E-state index contributed by atoms with van der Waals surface area (Å²) in [5.41, 5.74) is 1.31. The smallest absolute Gasteiger partial charge is 0.246 e. The monoisotopic (exact) mass is 284 g/mol. The van der Waals surface area contributed by atoms with E-state index < -0.39 is 0 Å². The van der Waals surface area contributed by atoms with E-state index in [0.717, 1.165) is 5.69 Å². The summed E-state index contributed by atoms with van der Waals surface area (Å²) < 4.78 is 1.47.